The monoisotopic (exact) mass is 623 g/mol. The molecule has 8 nitrogen and oxygen atoms in total. The molecule has 0 bridgehead atoms. The van der Waals surface area contributed by atoms with Crippen molar-refractivity contribution in [3.63, 3.8) is 0 Å². The Morgan fingerprint density at radius 3 is 2.22 bits per heavy atom. The first-order chi connectivity index (χ1) is 19.5. The van der Waals surface area contributed by atoms with Gasteiger partial charge in [0.2, 0.25) is 11.8 Å². The summed E-state index contributed by atoms with van der Waals surface area (Å²) in [5.74, 6) is -1.14. The van der Waals surface area contributed by atoms with Crippen LogP contribution in [0.25, 0.3) is 0 Å². The largest absolute Gasteiger partial charge is 0.494 e. The third-order valence-corrected chi connectivity index (χ3v) is 8.70. The number of anilines is 1. The van der Waals surface area contributed by atoms with Crippen LogP contribution in [0.3, 0.4) is 0 Å². The van der Waals surface area contributed by atoms with Gasteiger partial charge in [-0.25, -0.2) is 12.8 Å². The number of sulfonamides is 1. The molecule has 3 aromatic carbocycles. The zero-order valence-corrected chi connectivity index (χ0v) is 25.3. The summed E-state index contributed by atoms with van der Waals surface area (Å²) in [7, 11) is -4.30. The molecule has 1 atom stereocenters. The van der Waals surface area contributed by atoms with Crippen molar-refractivity contribution in [3.8, 4) is 5.75 Å². The van der Waals surface area contributed by atoms with Crippen molar-refractivity contribution in [2.24, 2.45) is 0 Å². The lowest BCUT2D eigenvalue weighted by molar-refractivity contribution is -0.139. The van der Waals surface area contributed by atoms with Crippen molar-refractivity contribution >= 4 is 50.7 Å². The lowest BCUT2D eigenvalue weighted by atomic mass is 10.1. The van der Waals surface area contributed by atoms with Gasteiger partial charge in [0.1, 0.15) is 24.2 Å². The first kappa shape index (κ1) is 32.2. The summed E-state index contributed by atoms with van der Waals surface area (Å²) in [6.45, 7) is 5.37. The topological polar surface area (TPSA) is 96.0 Å². The molecule has 0 aliphatic rings. The number of halogens is 3. The Morgan fingerprint density at radius 2 is 1.63 bits per heavy atom. The van der Waals surface area contributed by atoms with Crippen LogP contribution in [0.2, 0.25) is 10.0 Å². The van der Waals surface area contributed by atoms with Crippen LogP contribution in [0.4, 0.5) is 10.1 Å². The summed E-state index contributed by atoms with van der Waals surface area (Å²) in [6, 6.07) is 14.4. The summed E-state index contributed by atoms with van der Waals surface area (Å²) in [5, 5.41) is 3.37. The molecule has 3 rings (SSSR count). The fraction of sp³-hybridized carbons (Fsp3) is 0.310. The van der Waals surface area contributed by atoms with Crippen molar-refractivity contribution in [1.29, 1.82) is 0 Å². The summed E-state index contributed by atoms with van der Waals surface area (Å²) < 4.78 is 47.7. The van der Waals surface area contributed by atoms with Crippen LogP contribution in [0.15, 0.2) is 71.6 Å². The van der Waals surface area contributed by atoms with Gasteiger partial charge in [-0.2, -0.15) is 0 Å². The molecule has 1 N–H and O–H groups in total. The molecule has 0 fully saturated rings. The zero-order valence-electron chi connectivity index (χ0n) is 22.9. The molecule has 220 valence electrons. The maximum absolute atomic E-state index is 13.9. The van der Waals surface area contributed by atoms with Gasteiger partial charge in [-0.1, -0.05) is 36.2 Å². The molecule has 0 aromatic heterocycles. The summed E-state index contributed by atoms with van der Waals surface area (Å²) in [5.41, 5.74) is 0.664. The lowest BCUT2D eigenvalue weighted by Crippen LogP contribution is -2.51. The molecule has 0 aliphatic heterocycles. The van der Waals surface area contributed by atoms with Gasteiger partial charge in [-0.15, -0.1) is 0 Å². The number of carbonyl (C=O) groups is 2. The van der Waals surface area contributed by atoms with Gasteiger partial charge in [-0.3, -0.25) is 13.9 Å². The van der Waals surface area contributed by atoms with Gasteiger partial charge in [0.25, 0.3) is 10.0 Å². The number of hydrogen-bond acceptors (Lipinski definition) is 5. The van der Waals surface area contributed by atoms with Crippen LogP contribution >= 0.6 is 23.2 Å². The highest BCUT2D eigenvalue weighted by atomic mass is 35.5. The fourth-order valence-corrected chi connectivity index (χ4v) is 5.69. The van der Waals surface area contributed by atoms with E-state index in [0.29, 0.717) is 35.9 Å². The molecule has 0 spiro atoms. The average Bonchev–Trinajstić information content (AvgIpc) is 2.95. The Kier molecular flexibility index (Phi) is 11.4. The van der Waals surface area contributed by atoms with Crippen LogP contribution in [-0.4, -0.2) is 50.9 Å². The van der Waals surface area contributed by atoms with Crippen molar-refractivity contribution in [2.75, 3.05) is 24.0 Å². The molecule has 0 heterocycles. The van der Waals surface area contributed by atoms with Crippen LogP contribution in [0.5, 0.6) is 5.75 Å². The molecule has 3 aromatic rings. The standard InChI is InChI=1S/C29H32Cl2FN3O5S/c1-4-16-33-29(37)20(3)34(18-21-6-15-26(30)27(31)17-21)28(36)19-35(23-9-7-22(32)8-10-23)41(38,39)25-13-11-24(12-14-25)40-5-2/h6-15,17,20H,4-5,16,18-19H2,1-3H3,(H,33,37). The van der Waals surface area contributed by atoms with E-state index in [1.807, 2.05) is 6.92 Å². The van der Waals surface area contributed by atoms with Crippen molar-refractivity contribution in [3.05, 3.63) is 88.2 Å². The van der Waals surface area contributed by atoms with Gasteiger partial charge in [0.15, 0.2) is 0 Å². The molecule has 0 radical (unpaired) electrons. The van der Waals surface area contributed by atoms with Crippen molar-refractivity contribution in [1.82, 2.24) is 10.2 Å². The Labute approximate surface area is 250 Å². The highest BCUT2D eigenvalue weighted by Gasteiger charge is 2.32. The van der Waals surface area contributed by atoms with E-state index in [9.17, 15) is 22.4 Å². The minimum Gasteiger partial charge on any atom is -0.494 e. The predicted octanol–water partition coefficient (Wildman–Crippen LogP) is 5.67. The molecule has 12 heteroatoms. The van der Waals surface area contributed by atoms with Gasteiger partial charge in [0.05, 0.1) is 27.2 Å². The van der Waals surface area contributed by atoms with E-state index < -0.39 is 40.2 Å². The van der Waals surface area contributed by atoms with Crippen molar-refractivity contribution in [2.45, 2.75) is 44.7 Å². The van der Waals surface area contributed by atoms with Crippen LogP contribution in [0, 0.1) is 5.82 Å². The Hall–Kier alpha value is -3.34. The van der Waals surface area contributed by atoms with Gasteiger partial charge >= 0.3 is 0 Å². The predicted molar refractivity (Wildman–Crippen MR) is 158 cm³/mol. The minimum absolute atomic E-state index is 0.0448. The third-order valence-electron chi connectivity index (χ3n) is 6.17. The first-order valence-electron chi connectivity index (χ1n) is 13.0. The van der Waals surface area contributed by atoms with Crippen molar-refractivity contribution < 1.29 is 27.1 Å². The molecular formula is C29H32Cl2FN3O5S. The van der Waals surface area contributed by atoms with E-state index in [2.05, 4.69) is 5.32 Å². The number of nitrogens with one attached hydrogen (secondary N) is 1. The van der Waals surface area contributed by atoms with E-state index >= 15 is 0 Å². The normalized spacial score (nSPS) is 12.0. The Balaban J connectivity index is 2.02. The van der Waals surface area contributed by atoms with Crippen LogP contribution in [-0.2, 0) is 26.2 Å². The second kappa shape index (κ2) is 14.5. The lowest BCUT2D eigenvalue weighted by Gasteiger charge is -2.32. The summed E-state index contributed by atoms with van der Waals surface area (Å²) >= 11 is 12.2. The first-order valence-corrected chi connectivity index (χ1v) is 15.2. The number of benzene rings is 3. The number of carbonyl (C=O) groups excluding carboxylic acids is 2. The van der Waals surface area contributed by atoms with Crippen LogP contribution < -0.4 is 14.4 Å². The SMILES string of the molecule is CCCNC(=O)C(C)N(Cc1ccc(Cl)c(Cl)c1)C(=O)CN(c1ccc(F)cc1)S(=O)(=O)c1ccc(OCC)cc1. The second-order valence-electron chi connectivity index (χ2n) is 9.13. The molecule has 1 unspecified atom stereocenters. The number of ether oxygens (including phenoxy) is 1. The highest BCUT2D eigenvalue weighted by Crippen LogP contribution is 2.27. The van der Waals surface area contributed by atoms with E-state index in [0.717, 1.165) is 16.4 Å². The molecule has 0 saturated heterocycles. The third kappa shape index (κ3) is 8.34. The number of amides is 2. The summed E-state index contributed by atoms with van der Waals surface area (Å²) in [6.07, 6.45) is 0.692. The average molecular weight is 625 g/mol. The zero-order chi connectivity index (χ0) is 30.2. The van der Waals surface area contributed by atoms with Gasteiger partial charge < -0.3 is 15.0 Å². The second-order valence-corrected chi connectivity index (χ2v) is 11.8. The molecule has 41 heavy (non-hydrogen) atoms. The van der Waals surface area contributed by atoms with E-state index in [1.165, 1.54) is 41.3 Å². The maximum Gasteiger partial charge on any atom is 0.264 e. The number of rotatable bonds is 13. The minimum atomic E-state index is -4.30. The molecule has 0 saturated carbocycles. The number of nitrogens with zero attached hydrogens (tertiary/aromatic N) is 2. The van der Waals surface area contributed by atoms with Crippen LogP contribution in [0.1, 0.15) is 32.8 Å². The Bertz CT molecular complexity index is 1450. The Morgan fingerprint density at radius 1 is 0.976 bits per heavy atom. The number of hydrogen-bond donors (Lipinski definition) is 1. The van der Waals surface area contributed by atoms with E-state index in [-0.39, 0.29) is 22.2 Å². The fourth-order valence-electron chi connectivity index (χ4n) is 3.95. The smallest absolute Gasteiger partial charge is 0.264 e. The van der Waals surface area contributed by atoms with Gasteiger partial charge in [0, 0.05) is 13.1 Å². The van der Waals surface area contributed by atoms with E-state index in [4.69, 9.17) is 27.9 Å². The maximum atomic E-state index is 13.9. The molecular weight excluding hydrogens is 592 g/mol. The summed E-state index contributed by atoms with van der Waals surface area (Å²) in [4.78, 5) is 28.0. The quantitative estimate of drug-likeness (QED) is 0.265. The highest BCUT2D eigenvalue weighted by molar-refractivity contribution is 7.92. The molecule has 0 aliphatic carbocycles. The van der Waals surface area contributed by atoms with Gasteiger partial charge in [-0.05, 0) is 86.5 Å². The molecule has 2 amide bonds. The van der Waals surface area contributed by atoms with E-state index in [1.54, 1.807) is 32.0 Å².